The summed E-state index contributed by atoms with van der Waals surface area (Å²) in [6.45, 7) is 0. The largest absolute Gasteiger partial charge is 0.388 e. The van der Waals surface area contributed by atoms with Gasteiger partial charge in [0.1, 0.15) is 0 Å². The molecule has 0 radical (unpaired) electrons. The third-order valence-corrected chi connectivity index (χ3v) is 4.31. The molecule has 2 aromatic carbocycles. The van der Waals surface area contributed by atoms with Crippen LogP contribution in [0.3, 0.4) is 0 Å². The average Bonchev–Trinajstić information content (AvgIpc) is 2.47. The van der Waals surface area contributed by atoms with Gasteiger partial charge in [0.15, 0.2) is 0 Å². The molecule has 1 heterocycles. The highest BCUT2D eigenvalue weighted by molar-refractivity contribution is 14.1. The summed E-state index contributed by atoms with van der Waals surface area (Å²) in [6, 6.07) is 20.0. The molecule has 1 aromatic heterocycles. The maximum atomic E-state index is 10.4. The van der Waals surface area contributed by atoms with E-state index in [2.05, 4.69) is 33.6 Å². The molecule has 0 fully saturated rings. The molecule has 1 N–H and O–H groups in total. The summed E-state index contributed by atoms with van der Waals surface area (Å²) in [5.74, 6) is 0. The number of pyridine rings is 1. The van der Waals surface area contributed by atoms with Crippen LogP contribution in [0.2, 0.25) is 0 Å². The van der Waals surface area contributed by atoms with Crippen molar-refractivity contribution in [3.05, 3.63) is 75.5 Å². The minimum absolute atomic E-state index is 0.517. The van der Waals surface area contributed by atoms with Crippen molar-refractivity contribution in [2.75, 3.05) is 0 Å². The summed E-state index contributed by atoms with van der Waals surface area (Å²) >= 11 is 2.25. The Morgan fingerprint density at radius 1 is 0.950 bits per heavy atom. The van der Waals surface area contributed by atoms with Crippen molar-refractivity contribution in [1.29, 1.82) is 0 Å². The molecule has 1 unspecified atom stereocenters. The molecule has 3 heteroatoms. The van der Waals surface area contributed by atoms with Crippen molar-refractivity contribution in [1.82, 2.24) is 4.98 Å². The fraction of sp³-hybridized carbons (Fsp3) is 0.118. The van der Waals surface area contributed by atoms with Crippen molar-refractivity contribution in [2.24, 2.45) is 0 Å². The second kappa shape index (κ2) is 5.89. The zero-order valence-corrected chi connectivity index (χ0v) is 13.0. The van der Waals surface area contributed by atoms with E-state index in [0.717, 1.165) is 25.7 Å². The van der Waals surface area contributed by atoms with Crippen molar-refractivity contribution in [2.45, 2.75) is 12.5 Å². The monoisotopic (exact) mass is 375 g/mol. The van der Waals surface area contributed by atoms with Crippen LogP contribution in [-0.2, 0) is 6.42 Å². The maximum absolute atomic E-state index is 10.4. The number of halogens is 1. The first-order valence-electron chi connectivity index (χ1n) is 6.51. The Morgan fingerprint density at radius 2 is 1.70 bits per heavy atom. The summed E-state index contributed by atoms with van der Waals surface area (Å²) in [6.07, 6.45) is 0.0157. The molecule has 0 amide bonds. The number of nitrogens with zero attached hydrogens (tertiary/aromatic N) is 1. The van der Waals surface area contributed by atoms with Crippen molar-refractivity contribution >= 4 is 33.5 Å². The third kappa shape index (κ3) is 2.83. The van der Waals surface area contributed by atoms with Gasteiger partial charge in [-0.05, 0) is 46.4 Å². The molecule has 0 aliphatic carbocycles. The van der Waals surface area contributed by atoms with Gasteiger partial charge in [0.05, 0.1) is 11.6 Å². The quantitative estimate of drug-likeness (QED) is 0.699. The second-order valence-electron chi connectivity index (χ2n) is 4.74. The smallest absolute Gasteiger partial charge is 0.0855 e. The first kappa shape index (κ1) is 13.5. The van der Waals surface area contributed by atoms with Crippen molar-refractivity contribution < 1.29 is 5.11 Å². The number of aromatic nitrogens is 1. The van der Waals surface area contributed by atoms with Gasteiger partial charge in [-0.15, -0.1) is 0 Å². The Bertz CT molecular complexity index is 742. The van der Waals surface area contributed by atoms with Gasteiger partial charge in [-0.25, -0.2) is 0 Å². The Labute approximate surface area is 131 Å². The first-order chi connectivity index (χ1) is 9.74. The molecular formula is C17H14INO. The lowest BCUT2D eigenvalue weighted by molar-refractivity contribution is 0.176. The Balaban J connectivity index is 1.87. The number of aliphatic hydroxyl groups is 1. The van der Waals surface area contributed by atoms with Gasteiger partial charge in [-0.1, -0.05) is 42.5 Å². The fourth-order valence-electron chi connectivity index (χ4n) is 2.28. The van der Waals surface area contributed by atoms with Gasteiger partial charge in [-0.2, -0.15) is 0 Å². The molecule has 0 aliphatic rings. The summed E-state index contributed by atoms with van der Waals surface area (Å²) < 4.78 is 1.08. The lowest BCUT2D eigenvalue weighted by Gasteiger charge is -2.12. The number of aliphatic hydroxyl groups excluding tert-OH is 1. The van der Waals surface area contributed by atoms with E-state index in [1.165, 1.54) is 0 Å². The molecule has 0 saturated heterocycles. The van der Waals surface area contributed by atoms with Crippen LogP contribution >= 0.6 is 22.6 Å². The van der Waals surface area contributed by atoms with Crippen LogP contribution in [0.4, 0.5) is 0 Å². The predicted octanol–water partition coefficient (Wildman–Crippen LogP) is 4.12. The van der Waals surface area contributed by atoms with Gasteiger partial charge in [0.2, 0.25) is 0 Å². The van der Waals surface area contributed by atoms with E-state index in [4.69, 9.17) is 0 Å². The zero-order chi connectivity index (χ0) is 13.9. The lowest BCUT2D eigenvalue weighted by atomic mass is 10.0. The molecule has 20 heavy (non-hydrogen) atoms. The number of rotatable bonds is 3. The van der Waals surface area contributed by atoms with E-state index in [-0.39, 0.29) is 0 Å². The van der Waals surface area contributed by atoms with Gasteiger partial charge >= 0.3 is 0 Å². The first-order valence-corrected chi connectivity index (χ1v) is 7.59. The minimum Gasteiger partial charge on any atom is -0.388 e. The lowest BCUT2D eigenvalue weighted by Crippen LogP contribution is -2.05. The van der Waals surface area contributed by atoms with Gasteiger partial charge < -0.3 is 5.11 Å². The molecule has 0 saturated carbocycles. The fourth-order valence-corrected chi connectivity index (χ4v) is 3.02. The number of para-hydroxylation sites is 1. The summed E-state index contributed by atoms with van der Waals surface area (Å²) in [5, 5.41) is 11.5. The van der Waals surface area contributed by atoms with Gasteiger partial charge in [0, 0.05) is 21.1 Å². The van der Waals surface area contributed by atoms with Crippen LogP contribution in [0.5, 0.6) is 0 Å². The zero-order valence-electron chi connectivity index (χ0n) is 10.8. The molecule has 0 spiro atoms. The van der Waals surface area contributed by atoms with Crippen molar-refractivity contribution in [3.63, 3.8) is 0 Å². The third-order valence-electron chi connectivity index (χ3n) is 3.32. The molecular weight excluding hydrogens is 361 g/mol. The molecule has 1 atom stereocenters. The minimum atomic E-state index is -0.517. The summed E-state index contributed by atoms with van der Waals surface area (Å²) in [5.41, 5.74) is 2.85. The molecule has 0 aliphatic heterocycles. The van der Waals surface area contributed by atoms with Crippen LogP contribution in [0.25, 0.3) is 10.9 Å². The summed E-state index contributed by atoms with van der Waals surface area (Å²) in [7, 11) is 0. The highest BCUT2D eigenvalue weighted by atomic mass is 127. The predicted molar refractivity (Wildman–Crippen MR) is 89.6 cm³/mol. The maximum Gasteiger partial charge on any atom is 0.0855 e. The molecule has 100 valence electrons. The average molecular weight is 375 g/mol. The molecule has 3 rings (SSSR count). The molecule has 3 aromatic rings. The van der Waals surface area contributed by atoms with E-state index in [9.17, 15) is 5.11 Å². The highest BCUT2D eigenvalue weighted by Gasteiger charge is 2.12. The van der Waals surface area contributed by atoms with Crippen LogP contribution in [0.1, 0.15) is 17.4 Å². The van der Waals surface area contributed by atoms with E-state index >= 15 is 0 Å². The normalized spacial score (nSPS) is 12.5. The van der Waals surface area contributed by atoms with Crippen LogP contribution in [0.15, 0.2) is 60.7 Å². The standard InChI is InChI=1S/C17H14INO/c18-15-7-3-2-6-14(15)17(20)11-13-10-9-12-5-1-4-8-16(12)19-13/h1-10,17,20H,11H2. The number of hydrogen-bond acceptors (Lipinski definition) is 2. The van der Waals surface area contributed by atoms with E-state index < -0.39 is 6.10 Å². The SMILES string of the molecule is OC(Cc1ccc2ccccc2n1)c1ccccc1I. The van der Waals surface area contributed by atoms with Crippen LogP contribution < -0.4 is 0 Å². The molecule has 0 bridgehead atoms. The highest BCUT2D eigenvalue weighted by Crippen LogP contribution is 2.23. The Hall–Kier alpha value is -1.46. The van der Waals surface area contributed by atoms with Crippen LogP contribution in [0, 0.1) is 3.57 Å². The number of fused-ring (bicyclic) bond motifs is 1. The van der Waals surface area contributed by atoms with Crippen molar-refractivity contribution in [3.8, 4) is 0 Å². The number of hydrogen-bond donors (Lipinski definition) is 1. The van der Waals surface area contributed by atoms with Gasteiger partial charge in [0.25, 0.3) is 0 Å². The van der Waals surface area contributed by atoms with Gasteiger partial charge in [-0.3, -0.25) is 4.98 Å². The van der Waals surface area contributed by atoms with E-state index in [1.54, 1.807) is 0 Å². The topological polar surface area (TPSA) is 33.1 Å². The molecule has 2 nitrogen and oxygen atoms in total. The number of benzene rings is 2. The summed E-state index contributed by atoms with van der Waals surface area (Å²) in [4.78, 5) is 4.61. The van der Waals surface area contributed by atoms with E-state index in [0.29, 0.717) is 6.42 Å². The Morgan fingerprint density at radius 3 is 2.55 bits per heavy atom. The van der Waals surface area contributed by atoms with E-state index in [1.807, 2.05) is 54.6 Å². The van der Waals surface area contributed by atoms with Crippen LogP contribution in [-0.4, -0.2) is 10.1 Å². The second-order valence-corrected chi connectivity index (χ2v) is 5.90. The Kier molecular flexibility index (Phi) is 3.98.